The lowest BCUT2D eigenvalue weighted by molar-refractivity contribution is 0.266. The van der Waals surface area contributed by atoms with E-state index in [0.29, 0.717) is 16.8 Å². The van der Waals surface area contributed by atoms with E-state index in [1.165, 1.54) is 12.1 Å². The molecule has 2 N–H and O–H groups in total. The average molecular weight is 246 g/mol. The molecule has 1 aliphatic heterocycles. The first-order chi connectivity index (χ1) is 6.18. The summed E-state index contributed by atoms with van der Waals surface area (Å²) in [7, 11) is 0. The first-order valence-electron chi connectivity index (χ1n) is 4.06. The topological polar surface area (TPSA) is 35.2 Å². The number of benzene rings is 1. The highest BCUT2D eigenvalue weighted by molar-refractivity contribution is 9.10. The standard InChI is InChI=1S/C9H9BrFNO/c10-7-4-5(11)3-6-8(12)1-2-13-9(6)7/h3-4,8H,1-2,12H2/t8-/m0/s1. The van der Waals surface area contributed by atoms with Crippen LogP contribution in [0.3, 0.4) is 0 Å². The average Bonchev–Trinajstić information content (AvgIpc) is 2.07. The second kappa shape index (κ2) is 3.27. The molecule has 0 aromatic heterocycles. The molecule has 4 heteroatoms. The largest absolute Gasteiger partial charge is 0.492 e. The van der Waals surface area contributed by atoms with Gasteiger partial charge >= 0.3 is 0 Å². The Bertz CT molecular complexity index is 343. The minimum Gasteiger partial charge on any atom is -0.492 e. The number of hydrogen-bond acceptors (Lipinski definition) is 2. The van der Waals surface area contributed by atoms with Crippen LogP contribution in [0.15, 0.2) is 16.6 Å². The Hall–Kier alpha value is -0.610. The predicted octanol–water partition coefficient (Wildman–Crippen LogP) is 2.37. The van der Waals surface area contributed by atoms with Crippen LogP contribution in [0.2, 0.25) is 0 Å². The summed E-state index contributed by atoms with van der Waals surface area (Å²) in [6, 6.07) is 2.71. The maximum atomic E-state index is 13.0. The quantitative estimate of drug-likeness (QED) is 0.762. The third kappa shape index (κ3) is 1.56. The molecule has 0 bridgehead atoms. The van der Waals surface area contributed by atoms with Crippen LogP contribution in [-0.2, 0) is 0 Å². The molecule has 1 heterocycles. The lowest BCUT2D eigenvalue weighted by Crippen LogP contribution is -2.21. The van der Waals surface area contributed by atoms with Gasteiger partial charge in [0.1, 0.15) is 11.6 Å². The highest BCUT2D eigenvalue weighted by atomic mass is 79.9. The van der Waals surface area contributed by atoms with Crippen LogP contribution >= 0.6 is 15.9 Å². The number of halogens is 2. The highest BCUT2D eigenvalue weighted by Gasteiger charge is 2.21. The van der Waals surface area contributed by atoms with E-state index in [2.05, 4.69) is 15.9 Å². The van der Waals surface area contributed by atoms with Gasteiger partial charge in [-0.15, -0.1) is 0 Å². The van der Waals surface area contributed by atoms with Crippen molar-refractivity contribution in [2.45, 2.75) is 12.5 Å². The number of hydrogen-bond donors (Lipinski definition) is 1. The van der Waals surface area contributed by atoms with Gasteiger partial charge in [-0.1, -0.05) is 0 Å². The van der Waals surface area contributed by atoms with Gasteiger partial charge in [-0.3, -0.25) is 0 Å². The van der Waals surface area contributed by atoms with E-state index in [1.54, 1.807) is 0 Å². The van der Waals surface area contributed by atoms with Gasteiger partial charge in [0.25, 0.3) is 0 Å². The Balaban J connectivity index is 2.56. The maximum absolute atomic E-state index is 13.0. The Kier molecular flexibility index (Phi) is 2.26. The van der Waals surface area contributed by atoms with E-state index in [-0.39, 0.29) is 11.9 Å². The van der Waals surface area contributed by atoms with Gasteiger partial charge in [0.15, 0.2) is 0 Å². The summed E-state index contributed by atoms with van der Waals surface area (Å²) in [5.74, 6) is 0.395. The molecule has 1 aromatic rings. The molecule has 1 atom stereocenters. The van der Waals surface area contributed by atoms with Crippen molar-refractivity contribution in [3.05, 3.63) is 28.0 Å². The molecule has 0 fully saturated rings. The fourth-order valence-corrected chi connectivity index (χ4v) is 2.01. The van der Waals surface area contributed by atoms with E-state index in [1.807, 2.05) is 0 Å². The maximum Gasteiger partial charge on any atom is 0.138 e. The Morgan fingerprint density at radius 1 is 1.54 bits per heavy atom. The summed E-state index contributed by atoms with van der Waals surface area (Å²) in [5, 5.41) is 0. The molecular weight excluding hydrogens is 237 g/mol. The zero-order valence-electron chi connectivity index (χ0n) is 6.89. The second-order valence-electron chi connectivity index (χ2n) is 3.05. The third-order valence-electron chi connectivity index (χ3n) is 2.11. The molecule has 0 aliphatic carbocycles. The zero-order valence-corrected chi connectivity index (χ0v) is 8.47. The summed E-state index contributed by atoms with van der Waals surface area (Å²) in [6.45, 7) is 0.596. The molecule has 0 amide bonds. The van der Waals surface area contributed by atoms with Crippen LogP contribution in [0.4, 0.5) is 4.39 Å². The zero-order chi connectivity index (χ0) is 9.42. The van der Waals surface area contributed by atoms with Crippen LogP contribution < -0.4 is 10.5 Å². The second-order valence-corrected chi connectivity index (χ2v) is 3.90. The van der Waals surface area contributed by atoms with Gasteiger partial charge in [0.2, 0.25) is 0 Å². The molecule has 0 saturated heterocycles. The van der Waals surface area contributed by atoms with E-state index >= 15 is 0 Å². The number of fused-ring (bicyclic) bond motifs is 1. The van der Waals surface area contributed by atoms with Crippen LogP contribution in [0, 0.1) is 5.82 Å². The van der Waals surface area contributed by atoms with Crippen molar-refractivity contribution in [1.82, 2.24) is 0 Å². The number of rotatable bonds is 0. The van der Waals surface area contributed by atoms with Crippen molar-refractivity contribution in [2.24, 2.45) is 5.73 Å². The van der Waals surface area contributed by atoms with Crippen molar-refractivity contribution in [3.8, 4) is 5.75 Å². The Morgan fingerprint density at radius 3 is 3.08 bits per heavy atom. The van der Waals surface area contributed by atoms with Gasteiger partial charge in [0, 0.05) is 18.0 Å². The molecule has 13 heavy (non-hydrogen) atoms. The van der Waals surface area contributed by atoms with Crippen molar-refractivity contribution in [2.75, 3.05) is 6.61 Å². The van der Waals surface area contributed by atoms with Crippen LogP contribution in [0.1, 0.15) is 18.0 Å². The van der Waals surface area contributed by atoms with Gasteiger partial charge < -0.3 is 10.5 Å². The molecule has 70 valence electrons. The summed E-state index contributed by atoms with van der Waals surface area (Å²) in [5.41, 5.74) is 6.56. The van der Waals surface area contributed by atoms with E-state index < -0.39 is 0 Å². The molecule has 1 aliphatic rings. The first kappa shape index (κ1) is 8.97. The molecule has 2 nitrogen and oxygen atoms in total. The predicted molar refractivity (Wildman–Crippen MR) is 51.1 cm³/mol. The molecule has 1 aromatic carbocycles. The highest BCUT2D eigenvalue weighted by Crippen LogP contribution is 2.37. The number of ether oxygens (including phenoxy) is 1. The van der Waals surface area contributed by atoms with Crippen molar-refractivity contribution in [3.63, 3.8) is 0 Å². The summed E-state index contributed by atoms with van der Waals surface area (Å²) >= 11 is 3.24. The molecular formula is C9H9BrFNO. The molecule has 0 spiro atoms. The minimum absolute atomic E-state index is 0.115. The first-order valence-corrected chi connectivity index (χ1v) is 4.85. The summed E-state index contributed by atoms with van der Waals surface area (Å²) in [6.07, 6.45) is 0.739. The van der Waals surface area contributed by atoms with E-state index in [9.17, 15) is 4.39 Å². The monoisotopic (exact) mass is 245 g/mol. The van der Waals surface area contributed by atoms with Gasteiger partial charge in [-0.2, -0.15) is 0 Å². The molecule has 0 radical (unpaired) electrons. The molecule has 0 saturated carbocycles. The fourth-order valence-electron chi connectivity index (χ4n) is 1.45. The lowest BCUT2D eigenvalue weighted by Gasteiger charge is -2.23. The Labute approximate surface area is 84.0 Å². The molecule has 0 unspecified atom stereocenters. The SMILES string of the molecule is N[C@H]1CCOc2c(Br)cc(F)cc21. The van der Waals surface area contributed by atoms with E-state index in [0.717, 1.165) is 12.0 Å². The van der Waals surface area contributed by atoms with Crippen molar-refractivity contribution < 1.29 is 9.13 Å². The fraction of sp³-hybridized carbons (Fsp3) is 0.333. The Morgan fingerprint density at radius 2 is 2.31 bits per heavy atom. The van der Waals surface area contributed by atoms with Gasteiger partial charge in [-0.25, -0.2) is 4.39 Å². The molecule has 2 rings (SSSR count). The smallest absolute Gasteiger partial charge is 0.138 e. The van der Waals surface area contributed by atoms with Crippen LogP contribution in [-0.4, -0.2) is 6.61 Å². The lowest BCUT2D eigenvalue weighted by atomic mass is 10.0. The van der Waals surface area contributed by atoms with Crippen LogP contribution in [0.5, 0.6) is 5.75 Å². The normalized spacial score (nSPS) is 20.7. The minimum atomic E-state index is -0.286. The summed E-state index contributed by atoms with van der Waals surface area (Å²) < 4.78 is 19.0. The van der Waals surface area contributed by atoms with Gasteiger partial charge in [0.05, 0.1) is 11.1 Å². The van der Waals surface area contributed by atoms with Crippen LogP contribution in [0.25, 0.3) is 0 Å². The third-order valence-corrected chi connectivity index (χ3v) is 2.70. The summed E-state index contributed by atoms with van der Waals surface area (Å²) in [4.78, 5) is 0. The number of nitrogens with two attached hydrogens (primary N) is 1. The van der Waals surface area contributed by atoms with Crippen molar-refractivity contribution in [1.29, 1.82) is 0 Å². The van der Waals surface area contributed by atoms with E-state index in [4.69, 9.17) is 10.5 Å². The van der Waals surface area contributed by atoms with Gasteiger partial charge in [-0.05, 0) is 28.1 Å². The van der Waals surface area contributed by atoms with Crippen molar-refractivity contribution >= 4 is 15.9 Å².